The first kappa shape index (κ1) is 14.1. The monoisotopic (exact) mass is 274 g/mol. The summed E-state index contributed by atoms with van der Waals surface area (Å²) >= 11 is 0. The zero-order valence-corrected chi connectivity index (χ0v) is 11.5. The van der Waals surface area contributed by atoms with Crippen molar-refractivity contribution in [2.24, 2.45) is 5.84 Å². The predicted octanol–water partition coefficient (Wildman–Crippen LogP) is 1.65. The molecule has 0 aliphatic heterocycles. The van der Waals surface area contributed by atoms with Gasteiger partial charge in [0.05, 0.1) is 12.4 Å². The van der Waals surface area contributed by atoms with Gasteiger partial charge in [0, 0.05) is 11.6 Å². The van der Waals surface area contributed by atoms with Crippen molar-refractivity contribution in [3.8, 4) is 5.75 Å². The van der Waals surface area contributed by atoms with Crippen molar-refractivity contribution in [1.29, 1.82) is 0 Å². The number of amides is 1. The van der Waals surface area contributed by atoms with E-state index in [0.29, 0.717) is 24.0 Å². The lowest BCUT2D eigenvalue weighted by Crippen LogP contribution is -2.30. The summed E-state index contributed by atoms with van der Waals surface area (Å²) in [5.74, 6) is 5.49. The number of hydrogen-bond acceptors (Lipinski definition) is 4. The third-order valence-electron chi connectivity index (χ3n) is 2.83. The van der Waals surface area contributed by atoms with Crippen LogP contribution >= 0.6 is 0 Å². The summed E-state index contributed by atoms with van der Waals surface area (Å²) in [6.07, 6.45) is 3.53. The van der Waals surface area contributed by atoms with Crippen molar-refractivity contribution < 1.29 is 9.53 Å². The number of nitrogens with zero attached hydrogens (tertiary/aromatic N) is 2. The fourth-order valence-electron chi connectivity index (χ4n) is 1.73. The third kappa shape index (κ3) is 3.36. The van der Waals surface area contributed by atoms with E-state index in [2.05, 4.69) is 10.5 Å². The predicted molar refractivity (Wildman–Crippen MR) is 75.0 cm³/mol. The molecule has 0 radical (unpaired) electrons. The maximum Gasteiger partial charge on any atom is 0.265 e. The number of rotatable bonds is 5. The number of nitrogens with two attached hydrogens (primary N) is 1. The molecule has 0 saturated carbocycles. The largest absolute Gasteiger partial charge is 0.486 e. The van der Waals surface area contributed by atoms with Crippen molar-refractivity contribution >= 4 is 5.91 Å². The first-order chi connectivity index (χ1) is 9.60. The average molecular weight is 274 g/mol. The van der Waals surface area contributed by atoms with Gasteiger partial charge >= 0.3 is 0 Å². The van der Waals surface area contributed by atoms with Crippen LogP contribution in [0.15, 0.2) is 36.7 Å². The quantitative estimate of drug-likeness (QED) is 0.493. The Kier molecular flexibility index (Phi) is 4.37. The highest BCUT2D eigenvalue weighted by atomic mass is 16.5. The van der Waals surface area contributed by atoms with Gasteiger partial charge in [-0.05, 0) is 31.5 Å². The van der Waals surface area contributed by atoms with Crippen molar-refractivity contribution in [1.82, 2.24) is 15.2 Å². The lowest BCUT2D eigenvalue weighted by molar-refractivity contribution is 0.0953. The molecular weight excluding hydrogens is 256 g/mol. The van der Waals surface area contributed by atoms with E-state index in [1.807, 2.05) is 30.8 Å². The minimum absolute atomic E-state index is 0.295. The molecule has 0 aliphatic carbocycles. The lowest BCUT2D eigenvalue weighted by atomic mass is 10.1. The van der Waals surface area contributed by atoms with E-state index in [1.54, 1.807) is 24.4 Å². The maximum atomic E-state index is 11.4. The fraction of sp³-hybridized carbons (Fsp3) is 0.286. The second kappa shape index (κ2) is 6.21. The van der Waals surface area contributed by atoms with Gasteiger partial charge in [-0.3, -0.25) is 14.9 Å². The highest BCUT2D eigenvalue weighted by molar-refractivity contribution is 5.93. The molecule has 3 N–H and O–H groups in total. The minimum Gasteiger partial charge on any atom is -0.486 e. The van der Waals surface area contributed by atoms with Gasteiger partial charge in [0.2, 0.25) is 0 Å². The van der Waals surface area contributed by atoms with Crippen molar-refractivity contribution in [3.05, 3.63) is 47.8 Å². The van der Waals surface area contributed by atoms with E-state index in [9.17, 15) is 4.79 Å². The molecule has 0 atom stereocenters. The summed E-state index contributed by atoms with van der Waals surface area (Å²) in [7, 11) is 0. The summed E-state index contributed by atoms with van der Waals surface area (Å²) in [6.45, 7) is 4.47. The Morgan fingerprint density at radius 3 is 2.95 bits per heavy atom. The topological polar surface area (TPSA) is 82.2 Å². The molecule has 0 aliphatic rings. The van der Waals surface area contributed by atoms with Crippen LogP contribution in [0.3, 0.4) is 0 Å². The van der Waals surface area contributed by atoms with Crippen LogP contribution in [0.25, 0.3) is 0 Å². The number of nitrogens with one attached hydrogen (secondary N) is 1. The third-order valence-corrected chi connectivity index (χ3v) is 2.83. The minimum atomic E-state index is -0.320. The number of hydrogen-bond donors (Lipinski definition) is 2. The molecule has 1 aromatic carbocycles. The Morgan fingerprint density at radius 1 is 1.50 bits per heavy atom. The highest BCUT2D eigenvalue weighted by Crippen LogP contribution is 2.15. The van der Waals surface area contributed by atoms with Gasteiger partial charge in [0.15, 0.2) is 5.75 Å². The average Bonchev–Trinajstić information content (AvgIpc) is 2.93. The van der Waals surface area contributed by atoms with Crippen LogP contribution in [-0.4, -0.2) is 15.7 Å². The van der Waals surface area contributed by atoms with E-state index in [-0.39, 0.29) is 5.91 Å². The molecule has 1 heterocycles. The van der Waals surface area contributed by atoms with Crippen LogP contribution in [0.4, 0.5) is 0 Å². The van der Waals surface area contributed by atoms with Gasteiger partial charge in [0.1, 0.15) is 6.61 Å². The van der Waals surface area contributed by atoms with E-state index in [0.717, 1.165) is 5.56 Å². The molecule has 0 saturated heterocycles. The van der Waals surface area contributed by atoms with Crippen LogP contribution < -0.4 is 16.0 Å². The number of ether oxygens (including phenoxy) is 1. The van der Waals surface area contributed by atoms with Crippen LogP contribution in [0.5, 0.6) is 5.75 Å². The molecule has 6 nitrogen and oxygen atoms in total. The Morgan fingerprint density at radius 2 is 2.30 bits per heavy atom. The molecule has 1 aromatic heterocycles. The Labute approximate surface area is 117 Å². The van der Waals surface area contributed by atoms with Gasteiger partial charge in [-0.2, -0.15) is 5.10 Å². The van der Waals surface area contributed by atoms with Crippen molar-refractivity contribution in [3.63, 3.8) is 0 Å². The number of carbonyl (C=O) groups excluding carboxylic acids is 1. The molecule has 0 spiro atoms. The van der Waals surface area contributed by atoms with E-state index in [1.165, 1.54) is 0 Å². The molecule has 2 aromatic rings. The fourth-order valence-corrected chi connectivity index (χ4v) is 1.73. The van der Waals surface area contributed by atoms with E-state index >= 15 is 0 Å². The number of hydrazine groups is 1. The van der Waals surface area contributed by atoms with Gasteiger partial charge in [0.25, 0.3) is 5.91 Å². The first-order valence-electron chi connectivity index (χ1n) is 6.37. The summed E-state index contributed by atoms with van der Waals surface area (Å²) in [4.78, 5) is 11.4. The van der Waals surface area contributed by atoms with E-state index in [4.69, 9.17) is 10.6 Å². The van der Waals surface area contributed by atoms with E-state index < -0.39 is 0 Å². The molecule has 0 fully saturated rings. The van der Waals surface area contributed by atoms with Gasteiger partial charge in [-0.1, -0.05) is 12.1 Å². The van der Waals surface area contributed by atoms with Gasteiger partial charge in [-0.15, -0.1) is 0 Å². The zero-order chi connectivity index (χ0) is 14.5. The lowest BCUT2D eigenvalue weighted by Gasteiger charge is -2.06. The Hall–Kier alpha value is -2.34. The first-order valence-corrected chi connectivity index (χ1v) is 6.37. The highest BCUT2D eigenvalue weighted by Gasteiger charge is 2.06. The molecule has 2 rings (SSSR count). The number of nitrogen functional groups attached to an aromatic ring is 1. The number of aromatic nitrogens is 2. The summed E-state index contributed by atoms with van der Waals surface area (Å²) in [5, 5.41) is 4.20. The standard InChI is InChI=1S/C14H18N4O2/c1-10(2)18-8-13(7-16-18)20-9-11-4-3-5-12(6-11)14(19)17-15/h3-8,10H,9,15H2,1-2H3,(H,17,19). The molecule has 0 bridgehead atoms. The molecule has 20 heavy (non-hydrogen) atoms. The normalized spacial score (nSPS) is 10.6. The maximum absolute atomic E-state index is 11.4. The SMILES string of the molecule is CC(C)n1cc(OCc2cccc(C(=O)NN)c2)cn1. The summed E-state index contributed by atoms with van der Waals surface area (Å²) in [5.41, 5.74) is 3.50. The van der Waals surface area contributed by atoms with Crippen molar-refractivity contribution in [2.75, 3.05) is 0 Å². The molecule has 1 amide bonds. The molecular formula is C14H18N4O2. The molecule has 0 unspecified atom stereocenters. The van der Waals surface area contributed by atoms with Crippen LogP contribution in [0.2, 0.25) is 0 Å². The second-order valence-electron chi connectivity index (χ2n) is 4.71. The Balaban J connectivity index is 2.01. The van der Waals surface area contributed by atoms with Crippen LogP contribution in [-0.2, 0) is 6.61 Å². The number of carbonyl (C=O) groups is 1. The van der Waals surface area contributed by atoms with Gasteiger partial charge < -0.3 is 4.74 Å². The summed E-state index contributed by atoms with van der Waals surface area (Å²) in [6, 6.07) is 7.42. The van der Waals surface area contributed by atoms with Crippen LogP contribution in [0, 0.1) is 0 Å². The van der Waals surface area contributed by atoms with Gasteiger partial charge in [-0.25, -0.2) is 5.84 Å². The number of benzene rings is 1. The zero-order valence-electron chi connectivity index (χ0n) is 11.5. The molecule has 106 valence electrons. The second-order valence-corrected chi connectivity index (χ2v) is 4.71. The smallest absolute Gasteiger partial charge is 0.265 e. The Bertz CT molecular complexity index is 592. The molecule has 6 heteroatoms. The van der Waals surface area contributed by atoms with Crippen LogP contribution in [0.1, 0.15) is 35.8 Å². The summed E-state index contributed by atoms with van der Waals surface area (Å²) < 4.78 is 7.47. The van der Waals surface area contributed by atoms with Crippen molar-refractivity contribution in [2.45, 2.75) is 26.5 Å².